The van der Waals surface area contributed by atoms with Crippen molar-refractivity contribution in [3.05, 3.63) is 0 Å². The molecule has 0 saturated carbocycles. The van der Waals surface area contributed by atoms with Gasteiger partial charge in [-0.25, -0.2) is 9.59 Å². The Morgan fingerprint density at radius 1 is 1.04 bits per heavy atom. The zero-order valence-corrected chi connectivity index (χ0v) is 17.4. The predicted molar refractivity (Wildman–Crippen MR) is 93.5 cm³/mol. The van der Waals surface area contributed by atoms with E-state index in [2.05, 4.69) is 39.9 Å². The third kappa shape index (κ3) is 10.6. The topological polar surface area (TPSA) is 108 Å². The van der Waals surface area contributed by atoms with E-state index in [1.807, 2.05) is 13.8 Å². The third-order valence-electron chi connectivity index (χ3n) is 2.52. The fourth-order valence-electron chi connectivity index (χ4n) is 1.86. The second kappa shape index (κ2) is 11.4. The fourth-order valence-corrected chi connectivity index (χ4v) is 8.34. The van der Waals surface area contributed by atoms with Crippen molar-refractivity contribution in [3.8, 4) is 0 Å². The van der Waals surface area contributed by atoms with E-state index in [1.165, 1.54) is 0 Å². The van der Waals surface area contributed by atoms with Gasteiger partial charge in [0.15, 0.2) is 8.32 Å². The molecule has 0 aromatic carbocycles. The summed E-state index contributed by atoms with van der Waals surface area (Å²) in [6.45, 7) is 11.4. The van der Waals surface area contributed by atoms with E-state index >= 15 is 0 Å². The van der Waals surface area contributed by atoms with E-state index in [1.54, 1.807) is 0 Å². The molecule has 11 heteroatoms. The minimum absolute atomic E-state index is 0.350. The lowest BCUT2D eigenvalue weighted by molar-refractivity contribution is 0.113. The van der Waals surface area contributed by atoms with Gasteiger partial charge in [0.25, 0.3) is 0 Å². The molecule has 0 aliphatic rings. The van der Waals surface area contributed by atoms with Gasteiger partial charge in [0.05, 0.1) is 7.11 Å². The second-order valence-electron chi connectivity index (χ2n) is 5.77. The van der Waals surface area contributed by atoms with Gasteiger partial charge in [-0.1, -0.05) is 10.2 Å². The highest BCUT2D eigenvalue weighted by molar-refractivity contribution is 6.80. The van der Waals surface area contributed by atoms with Crippen molar-refractivity contribution in [2.75, 3.05) is 26.9 Å². The third-order valence-corrected chi connectivity index (χ3v) is 8.64. The van der Waals surface area contributed by atoms with E-state index in [0.29, 0.717) is 32.2 Å². The summed E-state index contributed by atoms with van der Waals surface area (Å²) in [5.74, 6) is 0. The van der Waals surface area contributed by atoms with Crippen molar-refractivity contribution in [2.45, 2.75) is 46.0 Å². The SMILES string of the molecule is CCO[Si](CCCNC(=O)/N=N/C(=O)OC)(OCC)O[Si](C)(C)C. The zero-order chi connectivity index (χ0) is 18.6. The summed E-state index contributed by atoms with van der Waals surface area (Å²) in [6, 6.07) is -0.112. The van der Waals surface area contributed by atoms with Crippen molar-refractivity contribution >= 4 is 29.2 Å². The normalized spacial score (nSPS) is 12.4. The standard InChI is InChI=1S/C13H29N3O6Si2/c1-7-20-24(21-8-2,22-23(4,5)6)11-9-10-14-12(17)15-16-13(18)19-3/h7-11H2,1-6H3,(H,14,17)/b16-15+. The van der Waals surface area contributed by atoms with E-state index in [-0.39, 0.29) is 0 Å². The maximum atomic E-state index is 11.4. The molecule has 0 bridgehead atoms. The maximum Gasteiger partial charge on any atom is 0.490 e. The number of nitrogens with one attached hydrogen (secondary N) is 1. The minimum atomic E-state index is -2.76. The van der Waals surface area contributed by atoms with Crippen LogP contribution in [0.2, 0.25) is 25.7 Å². The number of hydrogen-bond donors (Lipinski definition) is 1. The molecule has 0 aliphatic heterocycles. The Morgan fingerprint density at radius 2 is 1.62 bits per heavy atom. The molecule has 0 aromatic rings. The summed E-state index contributed by atoms with van der Waals surface area (Å²) in [5.41, 5.74) is 0. The Bertz CT molecular complexity index is 422. The van der Waals surface area contributed by atoms with Crippen LogP contribution in [0.15, 0.2) is 10.2 Å². The number of ether oxygens (including phenoxy) is 1. The maximum absolute atomic E-state index is 11.4. The van der Waals surface area contributed by atoms with E-state index in [4.69, 9.17) is 13.0 Å². The molecule has 0 fully saturated rings. The van der Waals surface area contributed by atoms with Crippen molar-refractivity contribution in [1.82, 2.24) is 5.32 Å². The number of amides is 3. The van der Waals surface area contributed by atoms with E-state index < -0.39 is 29.2 Å². The molecule has 0 spiro atoms. The van der Waals surface area contributed by atoms with E-state index in [0.717, 1.165) is 7.11 Å². The van der Waals surface area contributed by atoms with Crippen LogP contribution < -0.4 is 5.32 Å². The first-order valence-corrected chi connectivity index (χ1v) is 13.3. The van der Waals surface area contributed by atoms with Gasteiger partial charge in [0, 0.05) is 25.8 Å². The van der Waals surface area contributed by atoms with Crippen LogP contribution >= 0.6 is 0 Å². The summed E-state index contributed by atoms with van der Waals surface area (Å²) in [7, 11) is -3.45. The van der Waals surface area contributed by atoms with Crippen molar-refractivity contribution in [3.63, 3.8) is 0 Å². The molecule has 9 nitrogen and oxygen atoms in total. The molecule has 0 aliphatic carbocycles. The lowest BCUT2D eigenvalue weighted by atomic mass is 10.5. The van der Waals surface area contributed by atoms with Gasteiger partial charge in [0.2, 0.25) is 0 Å². The molecule has 0 radical (unpaired) electrons. The van der Waals surface area contributed by atoms with Gasteiger partial charge in [-0.2, -0.15) is 0 Å². The molecule has 140 valence electrons. The average Bonchev–Trinajstić information content (AvgIpc) is 2.48. The van der Waals surface area contributed by atoms with Crippen LogP contribution in [0, 0.1) is 0 Å². The summed E-state index contributed by atoms with van der Waals surface area (Å²) in [6.07, 6.45) is -0.316. The highest BCUT2D eigenvalue weighted by atomic mass is 28.5. The fraction of sp³-hybridized carbons (Fsp3) is 0.846. The van der Waals surface area contributed by atoms with Crippen molar-refractivity contribution in [1.29, 1.82) is 0 Å². The zero-order valence-electron chi connectivity index (χ0n) is 15.4. The minimum Gasteiger partial charge on any atom is -0.450 e. The molecule has 24 heavy (non-hydrogen) atoms. The highest BCUT2D eigenvalue weighted by Crippen LogP contribution is 2.22. The number of rotatable bonds is 10. The largest absolute Gasteiger partial charge is 0.490 e. The lowest BCUT2D eigenvalue weighted by Gasteiger charge is -2.34. The smallest absolute Gasteiger partial charge is 0.450 e. The number of urea groups is 1. The van der Waals surface area contributed by atoms with Gasteiger partial charge < -0.3 is 23.0 Å². The summed E-state index contributed by atoms with van der Waals surface area (Å²) in [4.78, 5) is 22.2. The van der Waals surface area contributed by atoms with Crippen LogP contribution in [0.25, 0.3) is 0 Å². The Labute approximate surface area is 145 Å². The van der Waals surface area contributed by atoms with Gasteiger partial charge >= 0.3 is 20.9 Å². The molecule has 0 rings (SSSR count). The second-order valence-corrected chi connectivity index (χ2v) is 13.3. The number of hydrogen-bond acceptors (Lipinski definition) is 6. The lowest BCUT2D eigenvalue weighted by Crippen LogP contribution is -2.52. The predicted octanol–water partition coefficient (Wildman–Crippen LogP) is 3.17. The quantitative estimate of drug-likeness (QED) is 0.355. The molecule has 0 unspecified atom stereocenters. The first-order valence-electron chi connectivity index (χ1n) is 7.93. The number of carbonyl (C=O) groups is 2. The van der Waals surface area contributed by atoms with Crippen LogP contribution in [0.5, 0.6) is 0 Å². The molecule has 1 N–H and O–H groups in total. The Kier molecular flexibility index (Phi) is 10.9. The van der Waals surface area contributed by atoms with Gasteiger partial charge in [-0.3, -0.25) is 0 Å². The van der Waals surface area contributed by atoms with Crippen molar-refractivity contribution < 1.29 is 27.3 Å². The number of nitrogens with zero attached hydrogens (tertiary/aromatic N) is 2. The van der Waals surface area contributed by atoms with Crippen LogP contribution in [0.1, 0.15) is 20.3 Å². The Morgan fingerprint density at radius 3 is 2.08 bits per heavy atom. The van der Waals surface area contributed by atoms with E-state index in [9.17, 15) is 9.59 Å². The molecular formula is C13H29N3O6Si2. The molecule has 0 heterocycles. The van der Waals surface area contributed by atoms with Gasteiger partial charge in [0.1, 0.15) is 0 Å². The molecule has 0 aromatic heterocycles. The number of methoxy groups -OCH3 is 1. The summed E-state index contributed by atoms with van der Waals surface area (Å²) < 4.78 is 22.2. The number of carbonyl (C=O) groups excluding carboxylic acids is 2. The van der Waals surface area contributed by atoms with Gasteiger partial charge in [-0.05, 0) is 39.9 Å². The monoisotopic (exact) mass is 379 g/mol. The van der Waals surface area contributed by atoms with Crippen LogP contribution in [0.4, 0.5) is 9.59 Å². The summed E-state index contributed by atoms with van der Waals surface area (Å²) >= 11 is 0. The van der Waals surface area contributed by atoms with Crippen LogP contribution in [-0.2, 0) is 17.7 Å². The first kappa shape index (κ1) is 22.9. The Balaban J connectivity index is 4.53. The van der Waals surface area contributed by atoms with Crippen LogP contribution in [0.3, 0.4) is 0 Å². The van der Waals surface area contributed by atoms with Crippen LogP contribution in [-0.4, -0.2) is 56.1 Å². The molecular weight excluding hydrogens is 350 g/mol. The Hall–Kier alpha value is -1.15. The molecule has 3 amide bonds. The summed E-state index contributed by atoms with van der Waals surface area (Å²) in [5, 5.41) is 8.80. The highest BCUT2D eigenvalue weighted by Gasteiger charge is 2.43. The average molecular weight is 380 g/mol. The van der Waals surface area contributed by atoms with Gasteiger partial charge in [-0.15, -0.1) is 0 Å². The number of azo groups is 1. The molecule has 0 atom stereocenters. The molecule has 0 saturated heterocycles. The van der Waals surface area contributed by atoms with Crippen molar-refractivity contribution in [2.24, 2.45) is 10.2 Å². The first-order chi connectivity index (χ1) is 11.2.